The van der Waals surface area contributed by atoms with Gasteiger partial charge in [0.15, 0.2) is 0 Å². The molecule has 3 aliphatic rings. The topological polar surface area (TPSA) is 71.0 Å². The zero-order valence-corrected chi connectivity index (χ0v) is 20.4. The zero-order chi connectivity index (χ0) is 22.0. The van der Waals surface area contributed by atoms with Crippen LogP contribution in [-0.4, -0.2) is 56.2 Å². The molecule has 2 unspecified atom stereocenters. The van der Waals surface area contributed by atoms with Gasteiger partial charge in [-0.15, -0.1) is 0 Å². The Hall–Kier alpha value is -0.920. The first-order chi connectivity index (χ1) is 13.0. The van der Waals surface area contributed by atoms with Gasteiger partial charge in [0.1, 0.15) is 11.1 Å². The molecule has 0 bridgehead atoms. The smallest absolute Gasteiger partial charge is 0.219 e. The maximum atomic E-state index is 12.7. The number of nitrogens with one attached hydrogen (secondary N) is 1. The van der Waals surface area contributed by atoms with Gasteiger partial charge in [-0.1, -0.05) is 62.3 Å². The molecule has 6 nitrogen and oxygen atoms in total. The van der Waals surface area contributed by atoms with Gasteiger partial charge in [-0.2, -0.15) is 0 Å². The molecular weight excluding hydrogens is 386 g/mol. The Morgan fingerprint density at radius 2 is 1.59 bits per heavy atom. The van der Waals surface area contributed by atoms with Gasteiger partial charge in [0, 0.05) is 30.1 Å². The first-order valence-electron chi connectivity index (χ1n) is 10.7. The molecule has 2 atom stereocenters. The fourth-order valence-electron chi connectivity index (χ4n) is 4.49. The van der Waals surface area contributed by atoms with Crippen LogP contribution < -0.4 is 4.72 Å². The van der Waals surface area contributed by atoms with Crippen molar-refractivity contribution in [2.45, 2.75) is 86.1 Å². The van der Waals surface area contributed by atoms with Crippen molar-refractivity contribution in [3.05, 3.63) is 11.3 Å². The highest BCUT2D eigenvalue weighted by atomic mass is 32.2. The van der Waals surface area contributed by atoms with Gasteiger partial charge in [0.25, 0.3) is 0 Å². The summed E-state index contributed by atoms with van der Waals surface area (Å²) in [7, 11) is -3.36. The molecule has 3 heterocycles. The lowest BCUT2D eigenvalue weighted by Gasteiger charge is -2.45. The predicted octanol–water partition coefficient (Wildman–Crippen LogP) is 3.55. The molecule has 0 spiro atoms. The number of amidine groups is 1. The lowest BCUT2D eigenvalue weighted by Crippen LogP contribution is -2.51. The third-order valence-corrected chi connectivity index (χ3v) is 7.75. The molecule has 29 heavy (non-hydrogen) atoms. The van der Waals surface area contributed by atoms with Crippen molar-refractivity contribution in [2.24, 2.45) is 21.2 Å². The van der Waals surface area contributed by atoms with E-state index in [0.717, 1.165) is 5.84 Å². The van der Waals surface area contributed by atoms with Gasteiger partial charge >= 0.3 is 0 Å². The van der Waals surface area contributed by atoms with Crippen molar-refractivity contribution in [1.82, 2.24) is 9.62 Å². The summed E-state index contributed by atoms with van der Waals surface area (Å²) in [5.74, 6) is 1.06. The number of nitrogens with zero attached hydrogens (tertiary/aromatic N) is 2. The summed E-state index contributed by atoms with van der Waals surface area (Å²) in [6.45, 7) is 21.3. The number of rotatable bonds is 3. The molecule has 166 valence electrons. The van der Waals surface area contributed by atoms with Crippen LogP contribution in [-0.2, 0) is 14.8 Å². The van der Waals surface area contributed by atoms with Gasteiger partial charge in [-0.3, -0.25) is 4.99 Å². The minimum Gasteiger partial charge on any atom is -0.378 e. The lowest BCUT2D eigenvalue weighted by atomic mass is 9.70. The van der Waals surface area contributed by atoms with E-state index in [9.17, 15) is 8.42 Å². The minimum atomic E-state index is -3.36. The quantitative estimate of drug-likeness (QED) is 0.751. The molecule has 0 aromatic carbocycles. The van der Waals surface area contributed by atoms with E-state index >= 15 is 0 Å². The molecular formula is C22H39N3O3S. The monoisotopic (exact) mass is 425 g/mol. The van der Waals surface area contributed by atoms with E-state index in [1.54, 1.807) is 0 Å². The van der Waals surface area contributed by atoms with Gasteiger partial charge in [0.05, 0.1) is 19.3 Å². The zero-order valence-electron chi connectivity index (χ0n) is 19.6. The number of sulfonamides is 1. The van der Waals surface area contributed by atoms with E-state index < -0.39 is 15.3 Å². The highest BCUT2D eigenvalue weighted by Crippen LogP contribution is 2.47. The Labute approximate surface area is 177 Å². The summed E-state index contributed by atoms with van der Waals surface area (Å²) in [4.78, 5) is 7.59. The van der Waals surface area contributed by atoms with Crippen LogP contribution in [0.3, 0.4) is 0 Å². The molecule has 2 saturated heterocycles. The molecule has 0 aliphatic carbocycles. The normalized spacial score (nSPS) is 27.1. The predicted molar refractivity (Wildman–Crippen MR) is 118 cm³/mol. The summed E-state index contributed by atoms with van der Waals surface area (Å²) in [5.41, 5.74) is 2.42. The maximum Gasteiger partial charge on any atom is 0.219 e. The molecule has 7 heteroatoms. The largest absolute Gasteiger partial charge is 0.378 e. The van der Waals surface area contributed by atoms with Crippen LogP contribution in [0.15, 0.2) is 16.3 Å². The minimum absolute atomic E-state index is 0.0148. The van der Waals surface area contributed by atoms with Crippen molar-refractivity contribution in [3.8, 4) is 0 Å². The molecule has 0 amide bonds. The van der Waals surface area contributed by atoms with Crippen molar-refractivity contribution in [1.29, 1.82) is 0 Å². The summed E-state index contributed by atoms with van der Waals surface area (Å²) < 4.78 is 33.5. The van der Waals surface area contributed by atoms with Crippen molar-refractivity contribution in [2.75, 3.05) is 19.8 Å². The molecule has 0 saturated carbocycles. The van der Waals surface area contributed by atoms with Gasteiger partial charge < -0.3 is 9.64 Å². The van der Waals surface area contributed by atoms with Crippen LogP contribution in [0, 0.1) is 16.2 Å². The van der Waals surface area contributed by atoms with E-state index in [1.807, 2.05) is 0 Å². The maximum absolute atomic E-state index is 12.7. The van der Waals surface area contributed by atoms with Gasteiger partial charge in [0.2, 0.25) is 10.0 Å². The number of ether oxygens (including phenoxy) is 1. The Bertz CT molecular complexity index is 819. The molecule has 1 N–H and O–H groups in total. The van der Waals surface area contributed by atoms with E-state index in [1.165, 1.54) is 11.3 Å². The SMILES string of the molecule is CC(C)(C)C1=NC(C(C)(C)C)C(C(C)(C)C)=C2CC(NS(=O)(=O)C3COC3)CN12. The van der Waals surface area contributed by atoms with Crippen molar-refractivity contribution >= 4 is 15.9 Å². The van der Waals surface area contributed by atoms with Crippen LogP contribution >= 0.6 is 0 Å². The van der Waals surface area contributed by atoms with E-state index in [2.05, 4.69) is 71.9 Å². The van der Waals surface area contributed by atoms with Crippen molar-refractivity contribution < 1.29 is 13.2 Å². The number of aliphatic imine (C=N–C) groups is 1. The summed E-state index contributed by atoms with van der Waals surface area (Å²) in [5, 5.41) is -0.422. The second-order valence-electron chi connectivity index (χ2n) is 11.9. The van der Waals surface area contributed by atoms with E-state index in [4.69, 9.17) is 9.73 Å². The number of fused-ring (bicyclic) bond motifs is 1. The second-order valence-corrected chi connectivity index (χ2v) is 13.9. The Morgan fingerprint density at radius 3 is 2.00 bits per heavy atom. The lowest BCUT2D eigenvalue weighted by molar-refractivity contribution is 0.0410. The highest BCUT2D eigenvalue weighted by molar-refractivity contribution is 7.90. The third-order valence-electron chi connectivity index (χ3n) is 5.94. The van der Waals surface area contributed by atoms with Crippen LogP contribution in [0.2, 0.25) is 0 Å². The van der Waals surface area contributed by atoms with Crippen molar-refractivity contribution in [3.63, 3.8) is 0 Å². The van der Waals surface area contributed by atoms with Crippen LogP contribution in [0.25, 0.3) is 0 Å². The summed E-state index contributed by atoms with van der Waals surface area (Å²) >= 11 is 0. The Morgan fingerprint density at radius 1 is 1.00 bits per heavy atom. The summed E-state index contributed by atoms with van der Waals surface area (Å²) in [6, 6.07) is -0.0578. The molecule has 0 aromatic rings. The van der Waals surface area contributed by atoms with Crippen LogP contribution in [0.4, 0.5) is 0 Å². The second kappa shape index (κ2) is 7.06. The molecule has 0 aromatic heterocycles. The first-order valence-corrected chi connectivity index (χ1v) is 12.2. The molecule has 2 fully saturated rings. The Balaban J connectivity index is 2.04. The first kappa shape index (κ1) is 22.8. The molecule has 3 rings (SSSR count). The highest BCUT2D eigenvalue weighted by Gasteiger charge is 2.47. The third kappa shape index (κ3) is 4.42. The van der Waals surface area contributed by atoms with Gasteiger partial charge in [-0.25, -0.2) is 13.1 Å². The number of hydrogen-bond acceptors (Lipinski definition) is 5. The van der Waals surface area contributed by atoms with E-state index in [0.29, 0.717) is 26.2 Å². The standard InChI is InChI=1S/C22H39N3O3S/c1-20(2,3)17-16-10-14(24-29(26,27)15-12-28-13-15)11-25(16)19(22(7,8)9)23-18(17)21(4,5)6/h14-15,18,24H,10-13H2,1-9H3. The molecule has 3 aliphatic heterocycles. The molecule has 0 radical (unpaired) electrons. The fourth-order valence-corrected chi connectivity index (χ4v) is 5.86. The summed E-state index contributed by atoms with van der Waals surface area (Å²) in [6.07, 6.45) is 0.709. The fraction of sp³-hybridized carbons (Fsp3) is 0.864. The average Bonchev–Trinajstić information content (AvgIpc) is 2.80. The number of hydrogen-bond donors (Lipinski definition) is 1. The van der Waals surface area contributed by atoms with Crippen LogP contribution in [0.1, 0.15) is 68.7 Å². The Kier molecular flexibility index (Phi) is 5.54. The van der Waals surface area contributed by atoms with Crippen LogP contribution in [0.5, 0.6) is 0 Å². The van der Waals surface area contributed by atoms with Gasteiger partial charge in [-0.05, 0) is 16.4 Å². The average molecular weight is 426 g/mol. The van der Waals surface area contributed by atoms with E-state index in [-0.39, 0.29) is 28.3 Å².